The molecule has 0 spiro atoms. The van der Waals surface area contributed by atoms with E-state index in [2.05, 4.69) is 0 Å². The van der Waals surface area contributed by atoms with Crippen LogP contribution in [0.1, 0.15) is 19.3 Å². The monoisotopic (exact) mass is 169 g/mol. The summed E-state index contributed by atoms with van der Waals surface area (Å²) in [5, 5.41) is 0. The molecule has 3 aliphatic rings. The van der Waals surface area contributed by atoms with Crippen molar-refractivity contribution in [3.05, 3.63) is 0 Å². The van der Waals surface area contributed by atoms with E-state index in [-0.39, 0.29) is 11.8 Å². The Morgan fingerprint density at radius 1 is 1.42 bits per heavy atom. The van der Waals surface area contributed by atoms with Gasteiger partial charge in [0.25, 0.3) is 0 Å². The largest absolute Gasteiger partial charge is 0.335 e. The number of nitrogens with zero attached hydrogens (tertiary/aromatic N) is 1. The highest BCUT2D eigenvalue weighted by Gasteiger charge is 2.60. The fourth-order valence-corrected chi connectivity index (χ4v) is 2.91. The van der Waals surface area contributed by atoms with Gasteiger partial charge in [0, 0.05) is 6.54 Å². The topological polar surface area (TPSA) is 20.1 Å². The molecule has 1 amide bonds. The highest BCUT2D eigenvalue weighted by molar-refractivity contribution is 5.85. The summed E-state index contributed by atoms with van der Waals surface area (Å²) in [5.41, 5.74) is 0. The Morgan fingerprint density at radius 2 is 2.25 bits per heavy atom. The number of fused-ring (bicyclic) bond motifs is 3. The van der Waals surface area contributed by atoms with Gasteiger partial charge in [-0.1, -0.05) is 6.42 Å². The van der Waals surface area contributed by atoms with E-state index in [0.717, 1.165) is 19.4 Å². The molecule has 0 bridgehead atoms. The van der Waals surface area contributed by atoms with Gasteiger partial charge in [0.05, 0.1) is 12.0 Å². The molecule has 2 heterocycles. The first kappa shape index (κ1) is 6.87. The number of hydrogen-bond donors (Lipinski definition) is 0. The zero-order valence-corrected chi connectivity index (χ0v) is 6.87. The lowest BCUT2D eigenvalue weighted by Gasteiger charge is -2.27. The van der Waals surface area contributed by atoms with Gasteiger partial charge in [-0.25, -0.2) is 4.39 Å². The van der Waals surface area contributed by atoms with Gasteiger partial charge in [-0.15, -0.1) is 0 Å². The van der Waals surface area contributed by atoms with Gasteiger partial charge in [0.1, 0.15) is 6.17 Å². The molecule has 0 aromatic heterocycles. The minimum absolute atomic E-state index is 0.0946. The van der Waals surface area contributed by atoms with Crippen LogP contribution in [0, 0.1) is 11.8 Å². The maximum Gasteiger partial charge on any atom is 0.229 e. The van der Waals surface area contributed by atoms with Crippen molar-refractivity contribution in [3.8, 4) is 0 Å². The third-order valence-electron chi connectivity index (χ3n) is 3.58. The van der Waals surface area contributed by atoms with Gasteiger partial charge >= 0.3 is 0 Å². The maximum absolute atomic E-state index is 13.3. The summed E-state index contributed by atoms with van der Waals surface area (Å²) >= 11 is 0. The summed E-state index contributed by atoms with van der Waals surface area (Å²) in [5.74, 6) is 0.205. The molecule has 1 saturated carbocycles. The lowest BCUT2D eigenvalue weighted by Crippen LogP contribution is -2.34. The van der Waals surface area contributed by atoms with E-state index >= 15 is 0 Å². The summed E-state index contributed by atoms with van der Waals surface area (Å²) in [6.45, 7) is 0.909. The Labute approximate surface area is 70.7 Å². The second-order valence-electron chi connectivity index (χ2n) is 4.19. The molecule has 2 saturated heterocycles. The van der Waals surface area contributed by atoms with Crippen LogP contribution in [0.25, 0.3) is 0 Å². The van der Waals surface area contributed by atoms with Crippen molar-refractivity contribution in [2.75, 3.05) is 6.54 Å². The van der Waals surface area contributed by atoms with Gasteiger partial charge in [0.2, 0.25) is 5.91 Å². The van der Waals surface area contributed by atoms with Crippen LogP contribution in [0.15, 0.2) is 0 Å². The summed E-state index contributed by atoms with van der Waals surface area (Å²) in [6.07, 6.45) is 1.80. The predicted molar refractivity (Wildman–Crippen MR) is 41.2 cm³/mol. The molecule has 66 valence electrons. The molecule has 0 radical (unpaired) electrons. The number of amides is 1. The molecule has 0 aromatic rings. The third kappa shape index (κ3) is 0.673. The second kappa shape index (κ2) is 2.01. The van der Waals surface area contributed by atoms with Crippen molar-refractivity contribution in [1.82, 2.24) is 4.90 Å². The van der Waals surface area contributed by atoms with Gasteiger partial charge < -0.3 is 4.90 Å². The van der Waals surface area contributed by atoms with E-state index in [1.807, 2.05) is 4.90 Å². The SMILES string of the molecule is O=C1C2C(F)CCCC2C2CN12. The summed E-state index contributed by atoms with van der Waals surface area (Å²) in [4.78, 5) is 13.3. The molecule has 0 N–H and O–H groups in total. The number of halogens is 1. The lowest BCUT2D eigenvalue weighted by atomic mass is 9.77. The Bertz CT molecular complexity index is 243. The van der Waals surface area contributed by atoms with E-state index in [9.17, 15) is 9.18 Å². The second-order valence-corrected chi connectivity index (χ2v) is 4.19. The van der Waals surface area contributed by atoms with Crippen LogP contribution in [0.3, 0.4) is 0 Å². The number of carbonyl (C=O) groups is 1. The van der Waals surface area contributed by atoms with Crippen molar-refractivity contribution < 1.29 is 9.18 Å². The first-order valence-electron chi connectivity index (χ1n) is 4.73. The average molecular weight is 169 g/mol. The number of rotatable bonds is 0. The maximum atomic E-state index is 13.3. The van der Waals surface area contributed by atoms with Crippen molar-refractivity contribution in [3.63, 3.8) is 0 Å². The molecule has 0 aromatic carbocycles. The van der Waals surface area contributed by atoms with Crippen LogP contribution in [0.5, 0.6) is 0 Å². The zero-order valence-electron chi connectivity index (χ0n) is 6.87. The van der Waals surface area contributed by atoms with Crippen molar-refractivity contribution in [2.45, 2.75) is 31.5 Å². The van der Waals surface area contributed by atoms with Crippen LogP contribution in [-0.2, 0) is 4.79 Å². The van der Waals surface area contributed by atoms with E-state index in [0.29, 0.717) is 18.4 Å². The molecule has 2 aliphatic heterocycles. The molecule has 1 aliphatic carbocycles. The molecule has 4 unspecified atom stereocenters. The van der Waals surface area contributed by atoms with E-state index < -0.39 is 6.17 Å². The number of alkyl halides is 1. The highest BCUT2D eigenvalue weighted by atomic mass is 19.1. The Morgan fingerprint density at radius 3 is 3.00 bits per heavy atom. The van der Waals surface area contributed by atoms with Crippen molar-refractivity contribution >= 4 is 5.91 Å². The Hall–Kier alpha value is -0.600. The van der Waals surface area contributed by atoms with E-state index in [1.165, 1.54) is 0 Å². The summed E-state index contributed by atoms with van der Waals surface area (Å²) in [7, 11) is 0. The first-order valence-corrected chi connectivity index (χ1v) is 4.73. The van der Waals surface area contributed by atoms with Crippen LogP contribution < -0.4 is 0 Å². The fraction of sp³-hybridized carbons (Fsp3) is 0.889. The van der Waals surface area contributed by atoms with Gasteiger partial charge in [-0.05, 0) is 18.8 Å². The number of piperidine rings is 1. The number of carbonyl (C=O) groups excluding carboxylic acids is 1. The van der Waals surface area contributed by atoms with Crippen LogP contribution in [-0.4, -0.2) is 29.6 Å². The molecule has 3 fully saturated rings. The smallest absolute Gasteiger partial charge is 0.229 e. The molecule has 12 heavy (non-hydrogen) atoms. The zero-order chi connectivity index (χ0) is 8.29. The lowest BCUT2D eigenvalue weighted by molar-refractivity contribution is -0.131. The van der Waals surface area contributed by atoms with Gasteiger partial charge in [0.15, 0.2) is 0 Å². The molecule has 3 heteroatoms. The highest BCUT2D eigenvalue weighted by Crippen LogP contribution is 2.48. The van der Waals surface area contributed by atoms with E-state index in [1.54, 1.807) is 0 Å². The van der Waals surface area contributed by atoms with Crippen LogP contribution >= 0.6 is 0 Å². The molecular weight excluding hydrogens is 157 g/mol. The minimum atomic E-state index is -0.843. The number of hydrogen-bond acceptors (Lipinski definition) is 1. The van der Waals surface area contributed by atoms with Crippen molar-refractivity contribution in [1.29, 1.82) is 0 Å². The molecule has 4 atom stereocenters. The molecular formula is C9H12FNO. The summed E-state index contributed by atoms with van der Waals surface area (Å²) in [6, 6.07) is 0.432. The average Bonchev–Trinajstić information content (AvgIpc) is 2.77. The van der Waals surface area contributed by atoms with Gasteiger partial charge in [-0.3, -0.25) is 4.79 Å². The van der Waals surface area contributed by atoms with Crippen LogP contribution in [0.2, 0.25) is 0 Å². The predicted octanol–water partition coefficient (Wildman–Crippen LogP) is 0.965. The normalized spacial score (nSPS) is 50.4. The third-order valence-corrected chi connectivity index (χ3v) is 3.58. The minimum Gasteiger partial charge on any atom is -0.335 e. The first-order chi connectivity index (χ1) is 5.79. The quantitative estimate of drug-likeness (QED) is 0.495. The summed E-state index contributed by atoms with van der Waals surface area (Å²) < 4.78 is 13.3. The van der Waals surface area contributed by atoms with Crippen LogP contribution in [0.4, 0.5) is 4.39 Å². The van der Waals surface area contributed by atoms with Gasteiger partial charge in [-0.2, -0.15) is 0 Å². The fourth-order valence-electron chi connectivity index (χ4n) is 2.91. The Balaban J connectivity index is 1.91. The van der Waals surface area contributed by atoms with E-state index in [4.69, 9.17) is 0 Å². The molecule has 3 rings (SSSR count). The molecule has 2 nitrogen and oxygen atoms in total. The standard InChI is InChI=1S/C9H12FNO/c10-6-3-1-2-5-7-4-11(7)9(12)8(5)6/h5-8H,1-4H2. The Kier molecular flexibility index (Phi) is 1.15. The van der Waals surface area contributed by atoms with Crippen molar-refractivity contribution in [2.24, 2.45) is 11.8 Å².